The Morgan fingerprint density at radius 2 is 2.05 bits per heavy atom. The minimum absolute atomic E-state index is 0.0329. The molecule has 0 aliphatic rings. The van der Waals surface area contributed by atoms with E-state index >= 15 is 0 Å². The molecule has 0 aliphatic heterocycles. The molecule has 1 aromatic heterocycles. The zero-order valence-electron chi connectivity index (χ0n) is 12.6. The Kier molecular flexibility index (Phi) is 4.77. The molecule has 0 spiro atoms. The number of benzene rings is 1. The summed E-state index contributed by atoms with van der Waals surface area (Å²) >= 11 is 0. The number of nitrogens with zero attached hydrogens (tertiary/aromatic N) is 1. The molecule has 2 aromatic rings. The summed E-state index contributed by atoms with van der Waals surface area (Å²) < 4.78 is 9.58. The van der Waals surface area contributed by atoms with E-state index in [1.54, 1.807) is 31.2 Å². The van der Waals surface area contributed by atoms with Crippen LogP contribution < -0.4 is 10.6 Å². The molecule has 0 aliphatic carbocycles. The lowest BCUT2D eigenvalue weighted by molar-refractivity contribution is -0.114. The van der Waals surface area contributed by atoms with Gasteiger partial charge in [-0.05, 0) is 31.5 Å². The van der Waals surface area contributed by atoms with E-state index in [1.165, 1.54) is 7.11 Å². The summed E-state index contributed by atoms with van der Waals surface area (Å²) in [5.74, 6) is -0.409. The molecule has 7 nitrogen and oxygen atoms in total. The molecule has 2 N–H and O–H groups in total. The average molecular weight is 303 g/mol. The van der Waals surface area contributed by atoms with E-state index in [0.29, 0.717) is 22.8 Å². The highest BCUT2D eigenvalue weighted by Gasteiger charge is 2.10. The van der Waals surface area contributed by atoms with Gasteiger partial charge in [0.05, 0.1) is 24.9 Å². The van der Waals surface area contributed by atoms with Crippen molar-refractivity contribution in [2.45, 2.75) is 13.8 Å². The van der Waals surface area contributed by atoms with Gasteiger partial charge in [-0.1, -0.05) is 11.2 Å². The number of amides is 1. The first-order valence-electron chi connectivity index (χ1n) is 6.65. The van der Waals surface area contributed by atoms with E-state index in [1.807, 2.05) is 6.92 Å². The van der Waals surface area contributed by atoms with Crippen molar-refractivity contribution in [3.05, 3.63) is 41.1 Å². The Morgan fingerprint density at radius 3 is 2.68 bits per heavy atom. The van der Waals surface area contributed by atoms with E-state index < -0.39 is 5.97 Å². The number of rotatable bonds is 5. The standard InChI is InChI=1S/C15H17N3O4/c1-9-4-5-11(15(20)21-3)7-12(9)16-8-13(19)17-14-6-10(2)18-22-14/h4-7,16H,8H2,1-3H3,(H,17,19). The topological polar surface area (TPSA) is 93.5 Å². The fourth-order valence-corrected chi connectivity index (χ4v) is 1.84. The van der Waals surface area contributed by atoms with Gasteiger partial charge in [0.25, 0.3) is 0 Å². The number of aryl methyl sites for hydroxylation is 2. The Labute approximate surface area is 127 Å². The number of carbonyl (C=O) groups excluding carboxylic acids is 2. The molecule has 2 rings (SSSR count). The van der Waals surface area contributed by atoms with Crippen LogP contribution in [0.5, 0.6) is 0 Å². The van der Waals surface area contributed by atoms with E-state index in [9.17, 15) is 9.59 Å². The molecule has 7 heteroatoms. The Bertz CT molecular complexity index is 694. The van der Waals surface area contributed by atoms with Gasteiger partial charge < -0.3 is 14.6 Å². The number of nitrogens with one attached hydrogen (secondary N) is 2. The summed E-state index contributed by atoms with van der Waals surface area (Å²) in [5, 5.41) is 9.24. The minimum Gasteiger partial charge on any atom is -0.465 e. The van der Waals surface area contributed by atoms with Gasteiger partial charge in [0.2, 0.25) is 11.8 Å². The Morgan fingerprint density at radius 1 is 1.27 bits per heavy atom. The normalized spacial score (nSPS) is 10.1. The minimum atomic E-state index is -0.426. The third-order valence-electron chi connectivity index (χ3n) is 2.99. The summed E-state index contributed by atoms with van der Waals surface area (Å²) in [5.41, 5.74) is 2.70. The number of hydrogen-bond donors (Lipinski definition) is 2. The van der Waals surface area contributed by atoms with Gasteiger partial charge >= 0.3 is 5.97 Å². The average Bonchev–Trinajstić information content (AvgIpc) is 2.90. The SMILES string of the molecule is COC(=O)c1ccc(C)c(NCC(=O)Nc2cc(C)no2)c1. The fraction of sp³-hybridized carbons (Fsp3) is 0.267. The van der Waals surface area contributed by atoms with Crippen molar-refractivity contribution < 1.29 is 18.8 Å². The molecular weight excluding hydrogens is 286 g/mol. The van der Waals surface area contributed by atoms with Gasteiger partial charge in [0.15, 0.2) is 0 Å². The first-order chi connectivity index (χ1) is 10.5. The monoisotopic (exact) mass is 303 g/mol. The molecular formula is C15H17N3O4. The van der Waals surface area contributed by atoms with E-state index in [2.05, 4.69) is 20.5 Å². The molecule has 0 fully saturated rings. The second-order valence-electron chi connectivity index (χ2n) is 4.76. The van der Waals surface area contributed by atoms with Gasteiger partial charge in [-0.15, -0.1) is 0 Å². The molecule has 0 bridgehead atoms. The Hall–Kier alpha value is -2.83. The van der Waals surface area contributed by atoms with Crippen molar-refractivity contribution in [3.8, 4) is 0 Å². The van der Waals surface area contributed by atoms with Crippen LogP contribution in [-0.2, 0) is 9.53 Å². The summed E-state index contributed by atoms with van der Waals surface area (Å²) in [4.78, 5) is 23.3. The van der Waals surface area contributed by atoms with Crippen molar-refractivity contribution in [1.82, 2.24) is 5.16 Å². The lowest BCUT2D eigenvalue weighted by Gasteiger charge is -2.10. The van der Waals surface area contributed by atoms with Gasteiger partial charge in [0.1, 0.15) is 0 Å². The zero-order chi connectivity index (χ0) is 16.1. The summed E-state index contributed by atoms with van der Waals surface area (Å²) in [6.07, 6.45) is 0. The summed E-state index contributed by atoms with van der Waals surface area (Å²) in [6, 6.07) is 6.73. The molecule has 1 amide bonds. The van der Waals surface area contributed by atoms with E-state index in [0.717, 1.165) is 5.56 Å². The largest absolute Gasteiger partial charge is 0.465 e. The highest BCUT2D eigenvalue weighted by atomic mass is 16.5. The molecule has 1 aromatic carbocycles. The summed E-state index contributed by atoms with van der Waals surface area (Å²) in [7, 11) is 1.32. The second kappa shape index (κ2) is 6.75. The van der Waals surface area contributed by atoms with Gasteiger partial charge in [0, 0.05) is 11.8 Å². The number of carbonyl (C=O) groups is 2. The molecule has 0 atom stereocenters. The molecule has 0 unspecified atom stereocenters. The third kappa shape index (κ3) is 3.85. The predicted octanol–water partition coefficient (Wildman–Crippen LogP) is 2.13. The van der Waals surface area contributed by atoms with Crippen molar-refractivity contribution in [2.24, 2.45) is 0 Å². The number of methoxy groups -OCH3 is 1. The lowest BCUT2D eigenvalue weighted by atomic mass is 10.1. The highest BCUT2D eigenvalue weighted by molar-refractivity contribution is 5.93. The number of ether oxygens (including phenoxy) is 1. The fourth-order valence-electron chi connectivity index (χ4n) is 1.84. The zero-order valence-corrected chi connectivity index (χ0v) is 12.6. The number of esters is 1. The van der Waals surface area contributed by atoms with E-state index in [-0.39, 0.29) is 12.5 Å². The van der Waals surface area contributed by atoms with Crippen LogP contribution in [0.1, 0.15) is 21.6 Å². The number of hydrogen-bond acceptors (Lipinski definition) is 6. The van der Waals surface area contributed by atoms with Crippen LogP contribution in [0.15, 0.2) is 28.8 Å². The summed E-state index contributed by atoms with van der Waals surface area (Å²) in [6.45, 7) is 3.67. The number of anilines is 2. The van der Waals surface area contributed by atoms with Crippen LogP contribution in [0.3, 0.4) is 0 Å². The highest BCUT2D eigenvalue weighted by Crippen LogP contribution is 2.17. The maximum atomic E-state index is 11.8. The van der Waals surface area contributed by atoms with Crippen LogP contribution in [0.4, 0.5) is 11.6 Å². The molecule has 0 saturated carbocycles. The van der Waals surface area contributed by atoms with E-state index in [4.69, 9.17) is 4.52 Å². The maximum absolute atomic E-state index is 11.8. The lowest BCUT2D eigenvalue weighted by Crippen LogP contribution is -2.22. The van der Waals surface area contributed by atoms with Crippen LogP contribution in [-0.4, -0.2) is 30.7 Å². The third-order valence-corrected chi connectivity index (χ3v) is 2.99. The molecule has 22 heavy (non-hydrogen) atoms. The van der Waals surface area contributed by atoms with Crippen molar-refractivity contribution >= 4 is 23.4 Å². The Balaban J connectivity index is 1.98. The second-order valence-corrected chi connectivity index (χ2v) is 4.76. The predicted molar refractivity (Wildman–Crippen MR) is 80.9 cm³/mol. The molecule has 116 valence electrons. The van der Waals surface area contributed by atoms with Crippen LogP contribution in [0.2, 0.25) is 0 Å². The maximum Gasteiger partial charge on any atom is 0.337 e. The van der Waals surface area contributed by atoms with Gasteiger partial charge in [-0.2, -0.15) is 0 Å². The van der Waals surface area contributed by atoms with Gasteiger partial charge in [-0.3, -0.25) is 10.1 Å². The van der Waals surface area contributed by atoms with Crippen molar-refractivity contribution in [1.29, 1.82) is 0 Å². The van der Waals surface area contributed by atoms with Crippen LogP contribution in [0, 0.1) is 13.8 Å². The molecule has 1 heterocycles. The smallest absolute Gasteiger partial charge is 0.337 e. The van der Waals surface area contributed by atoms with Crippen LogP contribution >= 0.6 is 0 Å². The van der Waals surface area contributed by atoms with Crippen molar-refractivity contribution in [3.63, 3.8) is 0 Å². The molecule has 0 radical (unpaired) electrons. The quantitative estimate of drug-likeness (QED) is 0.822. The first-order valence-corrected chi connectivity index (χ1v) is 6.65. The molecule has 0 saturated heterocycles. The van der Waals surface area contributed by atoms with Gasteiger partial charge in [-0.25, -0.2) is 4.79 Å². The van der Waals surface area contributed by atoms with Crippen LogP contribution in [0.25, 0.3) is 0 Å². The van der Waals surface area contributed by atoms with Crippen molar-refractivity contribution in [2.75, 3.05) is 24.3 Å². The first kappa shape index (κ1) is 15.6. The number of aromatic nitrogens is 1.